The van der Waals surface area contributed by atoms with Crippen molar-refractivity contribution in [2.75, 3.05) is 0 Å². The summed E-state index contributed by atoms with van der Waals surface area (Å²) in [6.07, 6.45) is 8.05. The van der Waals surface area contributed by atoms with Crippen molar-refractivity contribution in [2.45, 2.75) is 0 Å². The van der Waals surface area contributed by atoms with Crippen molar-refractivity contribution in [3.8, 4) is 0 Å². The van der Waals surface area contributed by atoms with Crippen LogP contribution in [0, 0.1) is 0 Å². The van der Waals surface area contributed by atoms with Gasteiger partial charge in [0.1, 0.15) is 0 Å². The van der Waals surface area contributed by atoms with Gasteiger partial charge in [-0.15, -0.1) is 0 Å². The molecule has 0 aromatic carbocycles. The minimum atomic E-state index is -0.622. The Balaban J connectivity index is 1.84. The number of nitrogens with zero attached hydrogens (tertiary/aromatic N) is 2. The second kappa shape index (κ2) is 8.63. The third-order valence-electron chi connectivity index (χ3n) is 1.83. The second-order valence-corrected chi connectivity index (χ2v) is 19.1. The topological polar surface area (TPSA) is 7.76 Å². The Labute approximate surface area is 136 Å². The molecule has 0 amide bonds. The first-order valence-corrected chi connectivity index (χ1v) is 14.7. The minimum absolute atomic E-state index is 0.622. The van der Waals surface area contributed by atoms with Gasteiger partial charge in [0.05, 0.1) is 0 Å². The maximum Gasteiger partial charge on any atom is 0.446 e. The van der Waals surface area contributed by atoms with Gasteiger partial charge in [-0.3, -0.25) is 0 Å². The molecule has 0 bridgehead atoms. The van der Waals surface area contributed by atoms with Crippen molar-refractivity contribution >= 4 is 68.0 Å². The van der Waals surface area contributed by atoms with Crippen LogP contribution in [0.4, 0.5) is 0 Å². The molecule has 2 rings (SSSR count). The first-order chi connectivity index (χ1) is 9.24. The number of hydrogen-bond acceptors (Lipinski definition) is 5. The zero-order valence-corrected chi connectivity index (χ0v) is 15.5. The number of hydrogen-bond donors (Lipinski definition) is 0. The van der Waals surface area contributed by atoms with Gasteiger partial charge < -0.3 is 0 Å². The van der Waals surface area contributed by atoms with Crippen LogP contribution < -0.4 is 7.94 Å². The second-order valence-electron chi connectivity index (χ2n) is 3.16. The van der Waals surface area contributed by atoms with Gasteiger partial charge in [-0.2, -0.15) is 0 Å². The van der Waals surface area contributed by atoms with E-state index in [1.54, 1.807) is 34.1 Å². The van der Waals surface area contributed by atoms with E-state index in [0.29, 0.717) is 0 Å². The quantitative estimate of drug-likeness (QED) is 0.545. The highest BCUT2D eigenvalue weighted by Crippen LogP contribution is 2.65. The van der Waals surface area contributed by atoms with Crippen LogP contribution in [0.2, 0.25) is 0 Å². The summed E-state index contributed by atoms with van der Waals surface area (Å²) in [5.41, 5.74) is 0. The first kappa shape index (κ1) is 15.8. The molecule has 2 unspecified atom stereocenters. The van der Waals surface area contributed by atoms with Gasteiger partial charge in [-0.1, -0.05) is 20.1 Å². The lowest BCUT2D eigenvalue weighted by atomic mass is 10.5. The highest BCUT2D eigenvalue weighted by molar-refractivity contribution is 9.16. The van der Waals surface area contributed by atoms with Gasteiger partial charge in [-0.25, -0.2) is 0 Å². The molecule has 2 aromatic heterocycles. The molecule has 0 aliphatic heterocycles. The Morgan fingerprint density at radius 3 is 1.37 bits per heavy atom. The molecule has 0 aliphatic rings. The Morgan fingerprint density at radius 1 is 0.632 bits per heavy atom. The minimum Gasteiger partial charge on any atom is -0.0912 e. The Bertz CT molecular complexity index is 515. The summed E-state index contributed by atoms with van der Waals surface area (Å²) >= 11 is 16.1. The van der Waals surface area contributed by atoms with E-state index < -0.39 is 10.2 Å². The molecular weight excluding hydrogens is 370 g/mol. The molecule has 0 fully saturated rings. The number of pyridine rings is 2. The van der Waals surface area contributed by atoms with Crippen LogP contribution in [0.15, 0.2) is 61.2 Å². The van der Waals surface area contributed by atoms with E-state index in [1.165, 1.54) is 0 Å². The third kappa shape index (κ3) is 6.13. The average molecular weight is 380 g/mol. The first-order valence-electron chi connectivity index (χ1n) is 5.16. The summed E-state index contributed by atoms with van der Waals surface area (Å²) in [5.74, 6) is 0. The molecular formula is C10H10N2P2S5+4. The maximum absolute atomic E-state index is 5.51. The molecule has 0 saturated carbocycles. The van der Waals surface area contributed by atoms with Gasteiger partial charge in [0.2, 0.25) is 0 Å². The molecule has 0 aliphatic carbocycles. The Kier molecular flexibility index (Phi) is 7.16. The highest BCUT2D eigenvalue weighted by Gasteiger charge is 2.40. The van der Waals surface area contributed by atoms with Crippen LogP contribution >= 0.6 is 44.3 Å². The number of rotatable bonds is 6. The standard InChI is InChI=1S/C10H10N2P2S5/c15-13(17-11-7-3-1-4-8-11)19-14(16)18-12-9-5-2-6-10-12/h1-10H/q+4. The largest absolute Gasteiger partial charge is 0.446 e. The van der Waals surface area contributed by atoms with Crippen molar-refractivity contribution in [1.29, 1.82) is 0 Å². The van der Waals surface area contributed by atoms with E-state index >= 15 is 0 Å². The van der Waals surface area contributed by atoms with Crippen LogP contribution in [-0.2, 0) is 23.6 Å². The van der Waals surface area contributed by atoms with Gasteiger partial charge in [0.15, 0.2) is 48.4 Å². The summed E-state index contributed by atoms with van der Waals surface area (Å²) in [4.78, 5) is 0. The SMILES string of the molecule is S=[P+](S[n+]1ccccc1)S[P+](=S)S[n+]1ccccc1. The summed E-state index contributed by atoms with van der Waals surface area (Å²) in [7, 11) is 0. The summed E-state index contributed by atoms with van der Waals surface area (Å²) in [5, 5.41) is -1.24. The predicted octanol–water partition coefficient (Wildman–Crippen LogP) is 4.24. The van der Waals surface area contributed by atoms with Crippen molar-refractivity contribution in [3.05, 3.63) is 61.2 Å². The van der Waals surface area contributed by atoms with Crippen LogP contribution in [0.3, 0.4) is 0 Å². The monoisotopic (exact) mass is 380 g/mol. The molecule has 9 heteroatoms. The normalized spacial score (nSPS) is 12.0. The molecule has 2 atom stereocenters. The molecule has 0 spiro atoms. The molecule has 96 valence electrons. The van der Waals surface area contributed by atoms with Crippen LogP contribution in [0.1, 0.15) is 0 Å². The van der Waals surface area contributed by atoms with Crippen molar-refractivity contribution in [3.63, 3.8) is 0 Å². The fourth-order valence-electron chi connectivity index (χ4n) is 1.11. The molecule has 19 heavy (non-hydrogen) atoms. The fourth-order valence-corrected chi connectivity index (χ4v) is 21.8. The average Bonchev–Trinajstić information content (AvgIpc) is 2.40. The van der Waals surface area contributed by atoms with E-state index in [1.807, 2.05) is 69.1 Å². The molecule has 0 saturated heterocycles. The van der Waals surface area contributed by atoms with Gasteiger partial charge in [-0.05, 0) is 0 Å². The molecule has 2 nitrogen and oxygen atoms in total. The molecule has 0 N–H and O–H groups in total. The maximum atomic E-state index is 5.51. The lowest BCUT2D eigenvalue weighted by Gasteiger charge is -1.81. The zero-order chi connectivity index (χ0) is 13.5. The van der Waals surface area contributed by atoms with Crippen LogP contribution in [0.25, 0.3) is 0 Å². The van der Waals surface area contributed by atoms with E-state index in [0.717, 1.165) is 0 Å². The molecule has 2 heterocycles. The van der Waals surface area contributed by atoms with E-state index in [2.05, 4.69) is 0 Å². The van der Waals surface area contributed by atoms with Crippen LogP contribution in [-0.4, -0.2) is 0 Å². The van der Waals surface area contributed by atoms with Crippen molar-refractivity contribution in [1.82, 2.24) is 0 Å². The summed E-state index contributed by atoms with van der Waals surface area (Å²) < 4.78 is 4.09. The lowest BCUT2D eigenvalue weighted by Crippen LogP contribution is -2.21. The van der Waals surface area contributed by atoms with E-state index in [-0.39, 0.29) is 0 Å². The smallest absolute Gasteiger partial charge is 0.0912 e. The zero-order valence-electron chi connectivity index (χ0n) is 9.60. The number of aromatic nitrogens is 2. The van der Waals surface area contributed by atoms with E-state index in [9.17, 15) is 0 Å². The summed E-state index contributed by atoms with van der Waals surface area (Å²) in [6.45, 7) is 0. The Hall–Kier alpha value is 0.390. The van der Waals surface area contributed by atoms with Crippen molar-refractivity contribution in [2.24, 2.45) is 0 Å². The third-order valence-corrected chi connectivity index (χ3v) is 18.0. The molecule has 2 aromatic rings. The van der Waals surface area contributed by atoms with Gasteiger partial charge in [0.25, 0.3) is 0 Å². The fraction of sp³-hybridized carbons (Fsp3) is 0. The Morgan fingerprint density at radius 2 is 1.00 bits per heavy atom. The van der Waals surface area contributed by atoms with Crippen molar-refractivity contribution < 1.29 is 7.94 Å². The predicted molar refractivity (Wildman–Crippen MR) is 95.4 cm³/mol. The van der Waals surface area contributed by atoms with Crippen LogP contribution in [0.5, 0.6) is 0 Å². The van der Waals surface area contributed by atoms with Gasteiger partial charge in [0, 0.05) is 24.3 Å². The van der Waals surface area contributed by atoms with E-state index in [4.69, 9.17) is 23.6 Å². The summed E-state index contributed by atoms with van der Waals surface area (Å²) in [6, 6.07) is 12.0. The van der Waals surface area contributed by atoms with Gasteiger partial charge >= 0.3 is 44.3 Å². The lowest BCUT2D eigenvalue weighted by molar-refractivity contribution is -0.491. The molecule has 0 radical (unpaired) electrons. The highest BCUT2D eigenvalue weighted by atomic mass is 33.5.